The number of amides is 1. The molecular weight excluding hydrogens is 365 g/mol. The van der Waals surface area contributed by atoms with Gasteiger partial charge in [-0.05, 0) is 69.7 Å². The fourth-order valence-corrected chi connectivity index (χ4v) is 2.59. The Morgan fingerprint density at radius 2 is 2.09 bits per heavy atom. The number of benzene rings is 2. The molecule has 3 rings (SSSR count). The molecule has 0 unspecified atom stereocenters. The molecule has 2 aromatic carbocycles. The van der Waals surface area contributed by atoms with Crippen LogP contribution in [0, 0.1) is 12.7 Å². The van der Waals surface area contributed by atoms with Gasteiger partial charge in [-0.25, -0.2) is 4.39 Å². The van der Waals surface area contributed by atoms with Crippen LogP contribution >= 0.6 is 15.9 Å². The molecule has 1 aromatic heterocycles. The van der Waals surface area contributed by atoms with Gasteiger partial charge in [-0.3, -0.25) is 4.79 Å². The van der Waals surface area contributed by atoms with Gasteiger partial charge >= 0.3 is 0 Å². The molecule has 1 heterocycles. The summed E-state index contributed by atoms with van der Waals surface area (Å²) < 4.78 is 15.1. The van der Waals surface area contributed by atoms with E-state index >= 15 is 0 Å². The van der Waals surface area contributed by atoms with Gasteiger partial charge in [0.25, 0.3) is 5.91 Å². The van der Waals surface area contributed by atoms with Gasteiger partial charge in [0.2, 0.25) is 0 Å². The zero-order valence-electron chi connectivity index (χ0n) is 12.0. The Kier molecular flexibility index (Phi) is 4.16. The second-order valence-electron chi connectivity index (χ2n) is 4.77. The number of aromatic nitrogens is 4. The van der Waals surface area contributed by atoms with Crippen molar-refractivity contribution in [1.29, 1.82) is 0 Å². The number of nitrogens with one attached hydrogen (secondary N) is 1. The number of anilines is 1. The van der Waals surface area contributed by atoms with Gasteiger partial charge in [-0.15, -0.1) is 5.10 Å². The molecule has 116 valence electrons. The molecule has 8 heteroatoms. The number of nitrogens with zero attached hydrogens (tertiary/aromatic N) is 4. The smallest absolute Gasteiger partial charge is 0.256 e. The molecule has 0 aliphatic rings. The van der Waals surface area contributed by atoms with E-state index in [0.29, 0.717) is 21.5 Å². The number of halogens is 2. The molecule has 0 aliphatic carbocycles. The lowest BCUT2D eigenvalue weighted by molar-refractivity contribution is 0.102. The van der Waals surface area contributed by atoms with Crippen molar-refractivity contribution in [2.75, 3.05) is 5.32 Å². The van der Waals surface area contributed by atoms with Gasteiger partial charge in [0.1, 0.15) is 5.82 Å². The first kappa shape index (κ1) is 15.3. The summed E-state index contributed by atoms with van der Waals surface area (Å²) in [5.74, 6) is -0.123. The van der Waals surface area contributed by atoms with E-state index in [4.69, 9.17) is 0 Å². The number of rotatable bonds is 3. The number of tetrazole rings is 1. The zero-order chi connectivity index (χ0) is 16.4. The molecule has 0 bridgehead atoms. The molecule has 1 N–H and O–H groups in total. The van der Waals surface area contributed by atoms with Crippen LogP contribution in [0.25, 0.3) is 5.69 Å². The second-order valence-corrected chi connectivity index (χ2v) is 5.62. The van der Waals surface area contributed by atoms with Crippen LogP contribution in [0.1, 0.15) is 16.2 Å². The Bertz CT molecular complexity index is 880. The van der Waals surface area contributed by atoms with E-state index in [1.165, 1.54) is 18.2 Å². The summed E-state index contributed by atoms with van der Waals surface area (Å²) in [6, 6.07) is 11.0. The van der Waals surface area contributed by atoms with Crippen LogP contribution in [0.15, 0.2) is 46.9 Å². The van der Waals surface area contributed by atoms with Gasteiger partial charge in [0.05, 0.1) is 11.3 Å². The highest BCUT2D eigenvalue weighted by Crippen LogP contribution is 2.20. The summed E-state index contributed by atoms with van der Waals surface area (Å²) in [6.45, 7) is 1.78. The van der Waals surface area contributed by atoms with Crippen LogP contribution in [-0.4, -0.2) is 26.1 Å². The molecule has 0 radical (unpaired) electrons. The van der Waals surface area contributed by atoms with Crippen molar-refractivity contribution in [3.8, 4) is 5.69 Å². The van der Waals surface area contributed by atoms with Crippen molar-refractivity contribution in [2.24, 2.45) is 0 Å². The number of aryl methyl sites for hydroxylation is 1. The van der Waals surface area contributed by atoms with Gasteiger partial charge in [-0.2, -0.15) is 4.68 Å². The largest absolute Gasteiger partial charge is 0.322 e. The third kappa shape index (κ3) is 3.26. The van der Waals surface area contributed by atoms with E-state index < -0.39 is 5.82 Å². The van der Waals surface area contributed by atoms with Gasteiger partial charge < -0.3 is 5.32 Å². The van der Waals surface area contributed by atoms with Gasteiger partial charge in [0, 0.05) is 10.2 Å². The fourth-order valence-electron chi connectivity index (χ4n) is 2.06. The highest BCUT2D eigenvalue weighted by Gasteiger charge is 2.12. The fraction of sp³-hybridized carbons (Fsp3) is 0.0667. The van der Waals surface area contributed by atoms with Crippen LogP contribution in [-0.2, 0) is 0 Å². The topological polar surface area (TPSA) is 72.7 Å². The Morgan fingerprint density at radius 1 is 1.26 bits per heavy atom. The molecule has 6 nitrogen and oxygen atoms in total. The minimum absolute atomic E-state index is 0.343. The third-order valence-electron chi connectivity index (χ3n) is 3.15. The summed E-state index contributed by atoms with van der Waals surface area (Å²) >= 11 is 3.19. The third-order valence-corrected chi connectivity index (χ3v) is 3.81. The molecule has 0 atom stereocenters. The molecule has 0 spiro atoms. The Balaban J connectivity index is 1.86. The first-order valence-corrected chi connectivity index (χ1v) is 7.46. The predicted octanol–water partition coefficient (Wildman–Crippen LogP) is 3.12. The number of carbonyl (C=O) groups is 1. The SMILES string of the molecule is Cc1nnnn1-c1cccc(NC(=O)c2ccc(F)cc2Br)c1. The Hall–Kier alpha value is -2.61. The van der Waals surface area contributed by atoms with E-state index in [-0.39, 0.29) is 5.91 Å². The van der Waals surface area contributed by atoms with Crippen molar-refractivity contribution in [1.82, 2.24) is 20.2 Å². The molecule has 0 saturated heterocycles. The number of hydrogen-bond donors (Lipinski definition) is 1. The predicted molar refractivity (Wildman–Crippen MR) is 85.9 cm³/mol. The van der Waals surface area contributed by atoms with Crippen LogP contribution in [0.3, 0.4) is 0 Å². The molecule has 0 saturated carbocycles. The summed E-state index contributed by atoms with van der Waals surface area (Å²) in [7, 11) is 0. The Morgan fingerprint density at radius 3 is 2.78 bits per heavy atom. The van der Waals surface area contributed by atoms with Crippen molar-refractivity contribution in [2.45, 2.75) is 6.92 Å². The van der Waals surface area contributed by atoms with Crippen LogP contribution in [0.5, 0.6) is 0 Å². The van der Waals surface area contributed by atoms with E-state index in [0.717, 1.165) is 5.69 Å². The van der Waals surface area contributed by atoms with Crippen LogP contribution in [0.4, 0.5) is 10.1 Å². The lowest BCUT2D eigenvalue weighted by atomic mass is 10.2. The maximum atomic E-state index is 13.1. The van der Waals surface area contributed by atoms with Crippen molar-refractivity contribution in [3.05, 3.63) is 64.1 Å². The highest BCUT2D eigenvalue weighted by atomic mass is 79.9. The lowest BCUT2D eigenvalue weighted by Crippen LogP contribution is -2.13. The number of carbonyl (C=O) groups excluding carboxylic acids is 1. The molecule has 0 aliphatic heterocycles. The molecule has 0 fully saturated rings. The summed E-state index contributed by atoms with van der Waals surface area (Å²) in [5.41, 5.74) is 1.65. The van der Waals surface area contributed by atoms with Crippen LogP contribution in [0.2, 0.25) is 0 Å². The maximum absolute atomic E-state index is 13.1. The average molecular weight is 376 g/mol. The summed E-state index contributed by atoms with van der Waals surface area (Å²) in [4.78, 5) is 12.3. The van der Waals surface area contributed by atoms with E-state index in [2.05, 4.69) is 36.8 Å². The van der Waals surface area contributed by atoms with Crippen molar-refractivity contribution in [3.63, 3.8) is 0 Å². The molecular formula is C15H11BrFN5O. The quantitative estimate of drug-likeness (QED) is 0.763. The number of hydrogen-bond acceptors (Lipinski definition) is 4. The van der Waals surface area contributed by atoms with E-state index in [1.54, 1.807) is 29.8 Å². The van der Waals surface area contributed by atoms with Gasteiger partial charge in [-0.1, -0.05) is 6.07 Å². The van der Waals surface area contributed by atoms with Gasteiger partial charge in [0.15, 0.2) is 5.82 Å². The van der Waals surface area contributed by atoms with E-state index in [1.807, 2.05) is 6.07 Å². The molecule has 23 heavy (non-hydrogen) atoms. The monoisotopic (exact) mass is 375 g/mol. The highest BCUT2D eigenvalue weighted by molar-refractivity contribution is 9.10. The average Bonchev–Trinajstić information content (AvgIpc) is 2.93. The molecule has 3 aromatic rings. The second kappa shape index (κ2) is 6.25. The maximum Gasteiger partial charge on any atom is 0.256 e. The first-order chi connectivity index (χ1) is 11.0. The molecule has 1 amide bonds. The Labute approximate surface area is 139 Å². The normalized spacial score (nSPS) is 10.6. The standard InChI is InChI=1S/C15H11BrFN5O/c1-9-19-20-21-22(9)12-4-2-3-11(8-12)18-15(23)13-6-5-10(17)7-14(13)16/h2-8H,1H3,(H,18,23). The van der Waals surface area contributed by atoms with Crippen LogP contribution < -0.4 is 5.32 Å². The minimum Gasteiger partial charge on any atom is -0.322 e. The van der Waals surface area contributed by atoms with Crippen molar-refractivity contribution >= 4 is 27.5 Å². The first-order valence-electron chi connectivity index (χ1n) is 6.66. The van der Waals surface area contributed by atoms with Crippen molar-refractivity contribution < 1.29 is 9.18 Å². The zero-order valence-corrected chi connectivity index (χ0v) is 13.6. The van der Waals surface area contributed by atoms with E-state index in [9.17, 15) is 9.18 Å². The summed E-state index contributed by atoms with van der Waals surface area (Å²) in [6.07, 6.45) is 0. The summed E-state index contributed by atoms with van der Waals surface area (Å²) in [5, 5.41) is 14.1. The lowest BCUT2D eigenvalue weighted by Gasteiger charge is -2.09. The minimum atomic E-state index is -0.412.